The molecule has 2 nitrogen and oxygen atoms in total. The van der Waals surface area contributed by atoms with E-state index in [4.69, 9.17) is 0 Å². The summed E-state index contributed by atoms with van der Waals surface area (Å²) < 4.78 is 17.3. The van der Waals surface area contributed by atoms with Gasteiger partial charge in [0.2, 0.25) is 6.17 Å². The van der Waals surface area contributed by atoms with Gasteiger partial charge in [-0.2, -0.15) is 0 Å². The summed E-state index contributed by atoms with van der Waals surface area (Å²) in [5, 5.41) is 0. The number of halogens is 1. The normalized spacial score (nSPS) is 13.8. The number of hydrogen-bond donors (Lipinski definition) is 0. The Morgan fingerprint density at radius 3 is 2.50 bits per heavy atom. The molecule has 0 aromatic carbocycles. The fourth-order valence-electron chi connectivity index (χ4n) is 0.620. The van der Waals surface area contributed by atoms with Crippen molar-refractivity contribution < 1.29 is 13.9 Å². The minimum absolute atomic E-state index is 0.217. The number of rotatable bonds is 4. The van der Waals surface area contributed by atoms with E-state index in [-0.39, 0.29) is 12.5 Å². The van der Waals surface area contributed by atoms with Crippen molar-refractivity contribution in [2.45, 2.75) is 26.9 Å². The zero-order valence-electron chi connectivity index (χ0n) is 7.71. The molecule has 0 aliphatic rings. The molecule has 0 amide bonds. The molecule has 12 heavy (non-hydrogen) atoms. The van der Waals surface area contributed by atoms with Gasteiger partial charge in [-0.15, -0.1) is 0 Å². The predicted molar refractivity (Wildman–Crippen MR) is 45.5 cm³/mol. The lowest BCUT2D eigenvalue weighted by Gasteiger charge is -2.02. The minimum atomic E-state index is -1.62. The summed E-state index contributed by atoms with van der Waals surface area (Å²) >= 11 is 0. The van der Waals surface area contributed by atoms with E-state index in [1.807, 2.05) is 13.8 Å². The fourth-order valence-corrected chi connectivity index (χ4v) is 0.620. The molecule has 0 saturated carbocycles. The molecule has 0 heterocycles. The standard InChI is InChI=1S/C9H15FO2/c1-4-12-9(11)8(10)6-5-7(2)3/h5-8H,4H2,1-3H3/b6-5+. The second-order valence-electron chi connectivity index (χ2n) is 2.78. The zero-order valence-corrected chi connectivity index (χ0v) is 7.71. The molecular formula is C9H15FO2. The van der Waals surface area contributed by atoms with E-state index in [1.54, 1.807) is 13.0 Å². The molecule has 0 radical (unpaired) electrons. The summed E-state index contributed by atoms with van der Waals surface area (Å²) in [7, 11) is 0. The molecule has 0 fully saturated rings. The number of hydrogen-bond acceptors (Lipinski definition) is 2. The summed E-state index contributed by atoms with van der Waals surface area (Å²) in [6, 6.07) is 0. The third kappa shape index (κ3) is 4.88. The maximum Gasteiger partial charge on any atom is 0.344 e. The first-order valence-electron chi connectivity index (χ1n) is 4.07. The average Bonchev–Trinajstić information content (AvgIpc) is 2.00. The van der Waals surface area contributed by atoms with Crippen LogP contribution in [0, 0.1) is 5.92 Å². The van der Waals surface area contributed by atoms with E-state index >= 15 is 0 Å². The quantitative estimate of drug-likeness (QED) is 0.482. The van der Waals surface area contributed by atoms with Crippen LogP contribution in [-0.2, 0) is 9.53 Å². The number of esters is 1. The molecule has 70 valence electrons. The van der Waals surface area contributed by atoms with E-state index in [9.17, 15) is 9.18 Å². The number of ether oxygens (including phenoxy) is 1. The second kappa shape index (κ2) is 5.75. The van der Waals surface area contributed by atoms with Gasteiger partial charge in [-0.3, -0.25) is 0 Å². The van der Waals surface area contributed by atoms with Gasteiger partial charge >= 0.3 is 5.97 Å². The Balaban J connectivity index is 3.86. The van der Waals surface area contributed by atoms with Crippen molar-refractivity contribution >= 4 is 5.97 Å². The van der Waals surface area contributed by atoms with E-state index in [1.165, 1.54) is 6.08 Å². The molecule has 0 aliphatic carbocycles. The first-order chi connectivity index (χ1) is 5.57. The highest BCUT2D eigenvalue weighted by Crippen LogP contribution is 2.01. The van der Waals surface area contributed by atoms with Crippen molar-refractivity contribution in [1.29, 1.82) is 0 Å². The van der Waals surface area contributed by atoms with Crippen molar-refractivity contribution in [3.8, 4) is 0 Å². The van der Waals surface area contributed by atoms with Crippen LogP contribution in [0.1, 0.15) is 20.8 Å². The number of alkyl halides is 1. The molecular weight excluding hydrogens is 159 g/mol. The van der Waals surface area contributed by atoms with Crippen LogP contribution in [0.15, 0.2) is 12.2 Å². The summed E-state index contributed by atoms with van der Waals surface area (Å²) in [6.07, 6.45) is 1.25. The Kier molecular flexibility index (Phi) is 5.34. The molecule has 0 N–H and O–H groups in total. The van der Waals surface area contributed by atoms with E-state index < -0.39 is 12.1 Å². The molecule has 0 spiro atoms. The summed E-state index contributed by atoms with van der Waals surface area (Å²) in [4.78, 5) is 10.7. The maximum absolute atomic E-state index is 12.8. The largest absolute Gasteiger partial charge is 0.464 e. The van der Waals surface area contributed by atoms with Crippen LogP contribution in [0.3, 0.4) is 0 Å². The molecule has 0 aromatic rings. The van der Waals surface area contributed by atoms with Crippen LogP contribution >= 0.6 is 0 Å². The Hall–Kier alpha value is -0.860. The second-order valence-corrected chi connectivity index (χ2v) is 2.78. The fraction of sp³-hybridized carbons (Fsp3) is 0.667. The van der Waals surface area contributed by atoms with Gasteiger partial charge in [0, 0.05) is 0 Å². The number of carbonyl (C=O) groups is 1. The van der Waals surface area contributed by atoms with Gasteiger partial charge in [0.15, 0.2) is 0 Å². The first kappa shape index (κ1) is 11.1. The van der Waals surface area contributed by atoms with Crippen LogP contribution in [0.4, 0.5) is 4.39 Å². The van der Waals surface area contributed by atoms with Crippen LogP contribution in [0.5, 0.6) is 0 Å². The molecule has 0 aliphatic heterocycles. The topological polar surface area (TPSA) is 26.3 Å². The molecule has 0 bridgehead atoms. The molecule has 0 saturated heterocycles. The molecule has 0 rings (SSSR count). The zero-order chi connectivity index (χ0) is 9.56. The molecule has 0 aromatic heterocycles. The van der Waals surface area contributed by atoms with Crippen molar-refractivity contribution in [3.63, 3.8) is 0 Å². The molecule has 1 atom stereocenters. The van der Waals surface area contributed by atoms with Crippen molar-refractivity contribution in [1.82, 2.24) is 0 Å². The average molecular weight is 174 g/mol. The highest BCUT2D eigenvalue weighted by Gasteiger charge is 2.13. The highest BCUT2D eigenvalue weighted by atomic mass is 19.1. The van der Waals surface area contributed by atoms with Gasteiger partial charge in [0.25, 0.3) is 0 Å². The summed E-state index contributed by atoms with van der Waals surface area (Å²) in [5.74, 6) is -0.563. The lowest BCUT2D eigenvalue weighted by molar-refractivity contribution is -0.147. The molecule has 1 unspecified atom stereocenters. The van der Waals surface area contributed by atoms with Crippen molar-refractivity contribution in [2.75, 3.05) is 6.61 Å². The van der Waals surface area contributed by atoms with Crippen molar-refractivity contribution in [3.05, 3.63) is 12.2 Å². The monoisotopic (exact) mass is 174 g/mol. The van der Waals surface area contributed by atoms with Gasteiger partial charge in [-0.05, 0) is 18.9 Å². The lowest BCUT2D eigenvalue weighted by atomic mass is 10.2. The van der Waals surface area contributed by atoms with Gasteiger partial charge in [-0.1, -0.05) is 19.9 Å². The highest BCUT2D eigenvalue weighted by molar-refractivity contribution is 5.76. The number of allylic oxidation sites excluding steroid dienone is 1. The smallest absolute Gasteiger partial charge is 0.344 e. The van der Waals surface area contributed by atoms with Crippen LogP contribution < -0.4 is 0 Å². The van der Waals surface area contributed by atoms with Crippen LogP contribution in [0.25, 0.3) is 0 Å². The van der Waals surface area contributed by atoms with Crippen LogP contribution in [0.2, 0.25) is 0 Å². The Bertz CT molecular complexity index is 164. The maximum atomic E-state index is 12.8. The van der Waals surface area contributed by atoms with Crippen molar-refractivity contribution in [2.24, 2.45) is 5.92 Å². The van der Waals surface area contributed by atoms with E-state index in [0.717, 1.165) is 0 Å². The number of carbonyl (C=O) groups excluding carboxylic acids is 1. The van der Waals surface area contributed by atoms with Crippen LogP contribution in [-0.4, -0.2) is 18.7 Å². The Morgan fingerprint density at radius 1 is 1.50 bits per heavy atom. The Labute approximate surface area is 72.4 Å². The van der Waals surface area contributed by atoms with Gasteiger partial charge in [0.1, 0.15) is 0 Å². The Morgan fingerprint density at radius 2 is 2.08 bits per heavy atom. The minimum Gasteiger partial charge on any atom is -0.464 e. The predicted octanol–water partition coefficient (Wildman–Crippen LogP) is 2.10. The van der Waals surface area contributed by atoms with E-state index in [0.29, 0.717) is 0 Å². The first-order valence-corrected chi connectivity index (χ1v) is 4.07. The van der Waals surface area contributed by atoms with Gasteiger partial charge < -0.3 is 4.74 Å². The van der Waals surface area contributed by atoms with Gasteiger partial charge in [0.05, 0.1) is 6.61 Å². The third-order valence-electron chi connectivity index (χ3n) is 1.18. The SMILES string of the molecule is CCOC(=O)C(F)/C=C/C(C)C. The summed E-state index contributed by atoms with van der Waals surface area (Å²) in [5.41, 5.74) is 0. The molecule has 3 heteroatoms. The summed E-state index contributed by atoms with van der Waals surface area (Å²) in [6.45, 7) is 5.69. The van der Waals surface area contributed by atoms with Gasteiger partial charge in [-0.25, -0.2) is 9.18 Å². The lowest BCUT2D eigenvalue weighted by Crippen LogP contribution is -2.16. The third-order valence-corrected chi connectivity index (χ3v) is 1.18. The van der Waals surface area contributed by atoms with E-state index in [2.05, 4.69) is 4.74 Å².